The first-order valence-electron chi connectivity index (χ1n) is 6.10. The molecule has 0 spiro atoms. The number of amides is 1. The number of hydrogen-bond acceptors (Lipinski definition) is 3. The third-order valence-corrected chi connectivity index (χ3v) is 3.41. The summed E-state index contributed by atoms with van der Waals surface area (Å²) in [5.41, 5.74) is 2.91. The number of aromatic nitrogens is 2. The number of carbonyl (C=O) groups is 1. The van der Waals surface area contributed by atoms with Gasteiger partial charge in [-0.1, -0.05) is 24.3 Å². The fourth-order valence-corrected chi connectivity index (χ4v) is 2.55. The molecule has 0 bridgehead atoms. The summed E-state index contributed by atoms with van der Waals surface area (Å²) in [5, 5.41) is 9.38. The molecule has 0 saturated heterocycles. The molecule has 0 radical (unpaired) electrons. The Morgan fingerprint density at radius 3 is 2.89 bits per heavy atom. The van der Waals surface area contributed by atoms with E-state index < -0.39 is 6.09 Å². The van der Waals surface area contributed by atoms with Crippen molar-refractivity contribution < 1.29 is 9.90 Å². The van der Waals surface area contributed by atoms with E-state index in [1.54, 1.807) is 12.3 Å². The molecule has 5 heteroatoms. The molecule has 2 heterocycles. The molecule has 1 aromatic carbocycles. The summed E-state index contributed by atoms with van der Waals surface area (Å²) in [5.74, 6) is 0. The Labute approximate surface area is 110 Å². The smallest absolute Gasteiger partial charge is 0.408 e. The van der Waals surface area contributed by atoms with Gasteiger partial charge in [0.2, 0.25) is 0 Å². The summed E-state index contributed by atoms with van der Waals surface area (Å²) in [6, 6.07) is 9.35. The van der Waals surface area contributed by atoms with Crippen molar-refractivity contribution in [1.29, 1.82) is 0 Å². The molecule has 2 aromatic rings. The fraction of sp³-hybridized carbons (Fsp3) is 0.214. The van der Waals surface area contributed by atoms with E-state index in [0.29, 0.717) is 12.2 Å². The van der Waals surface area contributed by atoms with Crippen molar-refractivity contribution in [3.8, 4) is 0 Å². The molecule has 0 fully saturated rings. The van der Waals surface area contributed by atoms with Crippen LogP contribution in [0.5, 0.6) is 0 Å². The second kappa shape index (κ2) is 4.68. The Kier molecular flexibility index (Phi) is 2.87. The van der Waals surface area contributed by atoms with Crippen molar-refractivity contribution in [1.82, 2.24) is 14.9 Å². The van der Waals surface area contributed by atoms with Crippen molar-refractivity contribution in [3.05, 3.63) is 59.7 Å². The second-order valence-corrected chi connectivity index (χ2v) is 4.46. The standard InChI is InChI=1S/C14H13N3O2/c18-14(19)17-8-6-10-3-1-2-4-11(10)13(17)12-5-7-15-9-16-12/h1-5,7,9,13H,6,8H2,(H,18,19). The molecule has 1 unspecified atom stereocenters. The van der Waals surface area contributed by atoms with Gasteiger partial charge in [-0.3, -0.25) is 4.90 Å². The number of fused-ring (bicyclic) bond motifs is 1. The molecular weight excluding hydrogens is 242 g/mol. The average molecular weight is 255 g/mol. The van der Waals surface area contributed by atoms with Crippen LogP contribution in [0.1, 0.15) is 22.9 Å². The molecule has 0 saturated carbocycles. The van der Waals surface area contributed by atoms with E-state index in [2.05, 4.69) is 9.97 Å². The number of hydrogen-bond donors (Lipinski definition) is 1. The SMILES string of the molecule is O=C(O)N1CCc2ccccc2C1c1ccncn1. The first-order valence-corrected chi connectivity index (χ1v) is 6.10. The molecule has 96 valence electrons. The van der Waals surface area contributed by atoms with Gasteiger partial charge in [-0.2, -0.15) is 0 Å². The Bertz CT molecular complexity index is 601. The van der Waals surface area contributed by atoms with Crippen LogP contribution in [-0.4, -0.2) is 32.6 Å². The number of carboxylic acid groups (broad SMARTS) is 1. The van der Waals surface area contributed by atoms with Crippen LogP contribution in [0.25, 0.3) is 0 Å². The lowest BCUT2D eigenvalue weighted by Crippen LogP contribution is -2.40. The summed E-state index contributed by atoms with van der Waals surface area (Å²) in [6.45, 7) is 0.487. The van der Waals surface area contributed by atoms with E-state index >= 15 is 0 Å². The Hall–Kier alpha value is -2.43. The van der Waals surface area contributed by atoms with Crippen molar-refractivity contribution in [2.75, 3.05) is 6.54 Å². The molecule has 1 aliphatic rings. The third-order valence-electron chi connectivity index (χ3n) is 3.41. The van der Waals surface area contributed by atoms with E-state index in [4.69, 9.17) is 0 Å². The molecule has 1 N–H and O–H groups in total. The van der Waals surface area contributed by atoms with Gasteiger partial charge in [-0.15, -0.1) is 0 Å². The minimum Gasteiger partial charge on any atom is -0.465 e. The van der Waals surface area contributed by atoms with Crippen molar-refractivity contribution >= 4 is 6.09 Å². The Morgan fingerprint density at radius 1 is 1.32 bits per heavy atom. The minimum absolute atomic E-state index is 0.342. The minimum atomic E-state index is -0.918. The lowest BCUT2D eigenvalue weighted by Gasteiger charge is -2.34. The fourth-order valence-electron chi connectivity index (χ4n) is 2.55. The Morgan fingerprint density at radius 2 is 2.16 bits per heavy atom. The summed E-state index contributed by atoms with van der Waals surface area (Å²) < 4.78 is 0. The summed E-state index contributed by atoms with van der Waals surface area (Å²) in [6.07, 6.45) is 2.91. The quantitative estimate of drug-likeness (QED) is 0.847. The lowest BCUT2D eigenvalue weighted by molar-refractivity contribution is 0.128. The van der Waals surface area contributed by atoms with Crippen LogP contribution in [0, 0.1) is 0 Å². The predicted octanol–water partition coefficient (Wildman–Crippen LogP) is 2.10. The monoisotopic (exact) mass is 255 g/mol. The van der Waals surface area contributed by atoms with Gasteiger partial charge >= 0.3 is 6.09 Å². The molecule has 1 amide bonds. The van der Waals surface area contributed by atoms with Crippen LogP contribution in [0.4, 0.5) is 4.79 Å². The molecule has 1 aliphatic heterocycles. The van der Waals surface area contributed by atoms with Crippen LogP contribution in [0.3, 0.4) is 0 Å². The second-order valence-electron chi connectivity index (χ2n) is 4.46. The van der Waals surface area contributed by atoms with Gasteiger partial charge in [-0.25, -0.2) is 14.8 Å². The first kappa shape index (κ1) is 11.6. The van der Waals surface area contributed by atoms with Gasteiger partial charge in [0.15, 0.2) is 0 Å². The highest BCUT2D eigenvalue weighted by Crippen LogP contribution is 2.33. The highest BCUT2D eigenvalue weighted by molar-refractivity contribution is 5.67. The summed E-state index contributed by atoms with van der Waals surface area (Å²) in [7, 11) is 0. The molecule has 1 atom stereocenters. The van der Waals surface area contributed by atoms with Crippen LogP contribution < -0.4 is 0 Å². The summed E-state index contributed by atoms with van der Waals surface area (Å²) >= 11 is 0. The van der Waals surface area contributed by atoms with Gasteiger partial charge in [0.25, 0.3) is 0 Å². The Balaban J connectivity index is 2.13. The van der Waals surface area contributed by atoms with E-state index in [1.807, 2.05) is 24.3 Å². The zero-order chi connectivity index (χ0) is 13.2. The van der Waals surface area contributed by atoms with Crippen molar-refractivity contribution in [2.24, 2.45) is 0 Å². The maximum Gasteiger partial charge on any atom is 0.408 e. The van der Waals surface area contributed by atoms with E-state index in [1.165, 1.54) is 16.8 Å². The zero-order valence-electron chi connectivity index (χ0n) is 10.2. The van der Waals surface area contributed by atoms with Gasteiger partial charge in [0.05, 0.1) is 5.69 Å². The van der Waals surface area contributed by atoms with Gasteiger partial charge in [0.1, 0.15) is 12.4 Å². The lowest BCUT2D eigenvalue weighted by atomic mass is 9.91. The number of rotatable bonds is 1. The van der Waals surface area contributed by atoms with E-state index in [-0.39, 0.29) is 6.04 Å². The van der Waals surface area contributed by atoms with Crippen LogP contribution in [0.2, 0.25) is 0 Å². The maximum absolute atomic E-state index is 11.4. The van der Waals surface area contributed by atoms with Crippen LogP contribution in [-0.2, 0) is 6.42 Å². The largest absolute Gasteiger partial charge is 0.465 e. The van der Waals surface area contributed by atoms with Crippen LogP contribution >= 0.6 is 0 Å². The van der Waals surface area contributed by atoms with Crippen LogP contribution in [0.15, 0.2) is 42.9 Å². The van der Waals surface area contributed by atoms with Crippen molar-refractivity contribution in [3.63, 3.8) is 0 Å². The van der Waals surface area contributed by atoms with E-state index in [9.17, 15) is 9.90 Å². The molecule has 0 aliphatic carbocycles. The maximum atomic E-state index is 11.4. The van der Waals surface area contributed by atoms with E-state index in [0.717, 1.165) is 12.0 Å². The molecule has 5 nitrogen and oxygen atoms in total. The number of benzene rings is 1. The van der Waals surface area contributed by atoms with Gasteiger partial charge in [-0.05, 0) is 23.6 Å². The average Bonchev–Trinajstić information content (AvgIpc) is 2.46. The summed E-state index contributed by atoms with van der Waals surface area (Å²) in [4.78, 5) is 21.0. The molecular formula is C14H13N3O2. The van der Waals surface area contributed by atoms with Gasteiger partial charge in [0, 0.05) is 12.7 Å². The topological polar surface area (TPSA) is 66.3 Å². The molecule has 19 heavy (non-hydrogen) atoms. The zero-order valence-corrected chi connectivity index (χ0v) is 10.2. The highest BCUT2D eigenvalue weighted by Gasteiger charge is 2.32. The predicted molar refractivity (Wildman–Crippen MR) is 68.8 cm³/mol. The number of nitrogens with zero attached hydrogens (tertiary/aromatic N) is 3. The molecule has 1 aromatic heterocycles. The third kappa shape index (κ3) is 2.03. The molecule has 3 rings (SSSR count). The van der Waals surface area contributed by atoms with Gasteiger partial charge < -0.3 is 5.11 Å². The highest BCUT2D eigenvalue weighted by atomic mass is 16.4. The normalized spacial score (nSPS) is 17.9. The van der Waals surface area contributed by atoms with Crippen molar-refractivity contribution in [2.45, 2.75) is 12.5 Å². The first-order chi connectivity index (χ1) is 9.27.